The SMILES string of the molecule is O=C(Nc1cn[nH]c1-c1ccccn1)c1cnc2nc[nH]c2c1. The molecule has 0 unspecified atom stereocenters. The summed E-state index contributed by atoms with van der Waals surface area (Å²) in [6.45, 7) is 0. The number of pyridine rings is 2. The van der Waals surface area contributed by atoms with Crippen LogP contribution in [0.4, 0.5) is 5.69 Å². The monoisotopic (exact) mass is 305 g/mol. The summed E-state index contributed by atoms with van der Waals surface area (Å²) in [7, 11) is 0. The van der Waals surface area contributed by atoms with E-state index in [4.69, 9.17) is 0 Å². The van der Waals surface area contributed by atoms with Gasteiger partial charge in [-0.2, -0.15) is 5.10 Å². The van der Waals surface area contributed by atoms with E-state index in [-0.39, 0.29) is 5.91 Å². The van der Waals surface area contributed by atoms with Gasteiger partial charge in [-0.05, 0) is 18.2 Å². The van der Waals surface area contributed by atoms with Crippen LogP contribution >= 0.6 is 0 Å². The molecule has 0 bridgehead atoms. The van der Waals surface area contributed by atoms with Crippen molar-refractivity contribution < 1.29 is 4.79 Å². The van der Waals surface area contributed by atoms with Crippen LogP contribution in [0.1, 0.15) is 10.4 Å². The third kappa shape index (κ3) is 2.42. The number of amides is 1. The molecular formula is C15H11N7O. The van der Waals surface area contributed by atoms with E-state index >= 15 is 0 Å². The maximum Gasteiger partial charge on any atom is 0.257 e. The van der Waals surface area contributed by atoms with Gasteiger partial charge in [0.25, 0.3) is 5.91 Å². The number of nitrogens with zero attached hydrogens (tertiary/aromatic N) is 4. The van der Waals surface area contributed by atoms with E-state index in [0.717, 1.165) is 0 Å². The van der Waals surface area contributed by atoms with Crippen molar-refractivity contribution in [3.8, 4) is 11.4 Å². The van der Waals surface area contributed by atoms with Crippen molar-refractivity contribution in [2.45, 2.75) is 0 Å². The highest BCUT2D eigenvalue weighted by molar-refractivity contribution is 6.06. The molecule has 4 aromatic heterocycles. The number of aromatic amines is 2. The van der Waals surface area contributed by atoms with Gasteiger partial charge in [0.15, 0.2) is 5.65 Å². The smallest absolute Gasteiger partial charge is 0.257 e. The number of fused-ring (bicyclic) bond motifs is 1. The van der Waals surface area contributed by atoms with E-state index in [9.17, 15) is 4.79 Å². The molecule has 8 heteroatoms. The zero-order valence-corrected chi connectivity index (χ0v) is 11.8. The molecule has 0 aliphatic rings. The van der Waals surface area contributed by atoms with Gasteiger partial charge in [-0.25, -0.2) is 9.97 Å². The number of rotatable bonds is 3. The van der Waals surface area contributed by atoms with Crippen LogP contribution in [-0.2, 0) is 0 Å². The van der Waals surface area contributed by atoms with Crippen LogP contribution in [0.5, 0.6) is 0 Å². The first kappa shape index (κ1) is 13.1. The Kier molecular flexibility index (Phi) is 3.05. The molecule has 0 radical (unpaired) electrons. The summed E-state index contributed by atoms with van der Waals surface area (Å²) < 4.78 is 0. The van der Waals surface area contributed by atoms with Crippen LogP contribution < -0.4 is 5.32 Å². The van der Waals surface area contributed by atoms with Gasteiger partial charge in [0.1, 0.15) is 5.69 Å². The molecule has 23 heavy (non-hydrogen) atoms. The van der Waals surface area contributed by atoms with Crippen molar-refractivity contribution in [3.05, 3.63) is 54.7 Å². The van der Waals surface area contributed by atoms with E-state index in [1.165, 1.54) is 12.5 Å². The molecule has 0 aromatic carbocycles. The lowest BCUT2D eigenvalue weighted by atomic mass is 10.2. The van der Waals surface area contributed by atoms with Crippen molar-refractivity contribution >= 4 is 22.8 Å². The molecule has 4 rings (SSSR count). The quantitative estimate of drug-likeness (QED) is 0.536. The average Bonchev–Trinajstić information content (AvgIpc) is 3.23. The summed E-state index contributed by atoms with van der Waals surface area (Å²) >= 11 is 0. The summed E-state index contributed by atoms with van der Waals surface area (Å²) in [5, 5.41) is 9.64. The third-order valence-electron chi connectivity index (χ3n) is 3.34. The van der Waals surface area contributed by atoms with Crippen molar-refractivity contribution in [1.29, 1.82) is 0 Å². The molecule has 0 saturated carbocycles. The van der Waals surface area contributed by atoms with Crippen LogP contribution in [0.2, 0.25) is 0 Å². The molecule has 0 saturated heterocycles. The van der Waals surface area contributed by atoms with E-state index in [2.05, 4.69) is 35.5 Å². The zero-order valence-electron chi connectivity index (χ0n) is 11.8. The van der Waals surface area contributed by atoms with Crippen LogP contribution in [0.15, 0.2) is 49.2 Å². The summed E-state index contributed by atoms with van der Waals surface area (Å²) in [5.41, 5.74) is 3.60. The minimum atomic E-state index is -0.285. The molecule has 0 spiro atoms. The van der Waals surface area contributed by atoms with Gasteiger partial charge < -0.3 is 10.3 Å². The molecular weight excluding hydrogens is 294 g/mol. The second-order valence-electron chi connectivity index (χ2n) is 4.83. The first-order chi connectivity index (χ1) is 11.3. The average molecular weight is 305 g/mol. The molecule has 4 heterocycles. The van der Waals surface area contributed by atoms with Gasteiger partial charge in [0.2, 0.25) is 0 Å². The lowest BCUT2D eigenvalue weighted by Gasteiger charge is -2.05. The Balaban J connectivity index is 1.63. The van der Waals surface area contributed by atoms with Crippen LogP contribution in [0, 0.1) is 0 Å². The van der Waals surface area contributed by atoms with Crippen molar-refractivity contribution in [1.82, 2.24) is 30.1 Å². The molecule has 0 aliphatic heterocycles. The fourth-order valence-electron chi connectivity index (χ4n) is 2.24. The number of imidazole rings is 1. The lowest BCUT2D eigenvalue weighted by molar-refractivity contribution is 0.102. The minimum absolute atomic E-state index is 0.285. The molecule has 0 fully saturated rings. The van der Waals surface area contributed by atoms with Crippen LogP contribution in [0.3, 0.4) is 0 Å². The molecule has 4 aromatic rings. The predicted molar refractivity (Wildman–Crippen MR) is 83.7 cm³/mol. The fourth-order valence-corrected chi connectivity index (χ4v) is 2.24. The fraction of sp³-hybridized carbons (Fsp3) is 0. The zero-order chi connectivity index (χ0) is 15.6. The van der Waals surface area contributed by atoms with Gasteiger partial charge in [-0.3, -0.25) is 14.9 Å². The van der Waals surface area contributed by atoms with Gasteiger partial charge in [0, 0.05) is 12.4 Å². The van der Waals surface area contributed by atoms with Crippen LogP contribution in [0.25, 0.3) is 22.6 Å². The Morgan fingerprint density at radius 1 is 1.13 bits per heavy atom. The van der Waals surface area contributed by atoms with Gasteiger partial charge >= 0.3 is 0 Å². The Morgan fingerprint density at radius 3 is 2.96 bits per heavy atom. The lowest BCUT2D eigenvalue weighted by Crippen LogP contribution is -2.12. The Hall–Kier alpha value is -3.55. The highest BCUT2D eigenvalue weighted by atomic mass is 16.1. The number of anilines is 1. The second kappa shape index (κ2) is 5.34. The highest BCUT2D eigenvalue weighted by Crippen LogP contribution is 2.23. The standard InChI is InChI=1S/C15H11N7O/c23-15(9-5-11-14(17-6-9)19-8-18-11)21-12-7-20-22-13(12)10-3-1-2-4-16-10/h1-8H,(H,20,22)(H,21,23)(H,17,18,19). The van der Waals surface area contributed by atoms with Gasteiger partial charge in [-0.15, -0.1) is 0 Å². The normalized spacial score (nSPS) is 10.8. The summed E-state index contributed by atoms with van der Waals surface area (Å²) in [6, 6.07) is 7.22. The van der Waals surface area contributed by atoms with E-state index in [0.29, 0.717) is 33.8 Å². The molecule has 112 valence electrons. The number of hydrogen-bond acceptors (Lipinski definition) is 5. The van der Waals surface area contributed by atoms with E-state index < -0.39 is 0 Å². The molecule has 3 N–H and O–H groups in total. The maximum atomic E-state index is 12.4. The Bertz CT molecular complexity index is 974. The number of hydrogen-bond donors (Lipinski definition) is 3. The summed E-state index contributed by atoms with van der Waals surface area (Å²) in [6.07, 6.45) is 6.25. The number of H-pyrrole nitrogens is 2. The molecule has 1 amide bonds. The highest BCUT2D eigenvalue weighted by Gasteiger charge is 2.14. The molecule has 0 atom stereocenters. The second-order valence-corrected chi connectivity index (χ2v) is 4.83. The topological polar surface area (TPSA) is 112 Å². The van der Waals surface area contributed by atoms with Crippen molar-refractivity contribution in [3.63, 3.8) is 0 Å². The summed E-state index contributed by atoms with van der Waals surface area (Å²) in [5.74, 6) is -0.285. The molecule has 0 aliphatic carbocycles. The predicted octanol–water partition coefficient (Wildman–Crippen LogP) is 2.00. The number of nitrogens with one attached hydrogen (secondary N) is 3. The largest absolute Gasteiger partial charge is 0.343 e. The maximum absolute atomic E-state index is 12.4. The first-order valence-corrected chi connectivity index (χ1v) is 6.86. The Morgan fingerprint density at radius 2 is 2.09 bits per heavy atom. The number of carbonyl (C=O) groups excluding carboxylic acids is 1. The number of aromatic nitrogens is 6. The van der Waals surface area contributed by atoms with E-state index in [1.54, 1.807) is 18.5 Å². The van der Waals surface area contributed by atoms with Crippen molar-refractivity contribution in [2.75, 3.05) is 5.32 Å². The molecule has 8 nitrogen and oxygen atoms in total. The van der Waals surface area contributed by atoms with Gasteiger partial charge in [0.05, 0.1) is 35.0 Å². The van der Waals surface area contributed by atoms with Crippen LogP contribution in [-0.4, -0.2) is 36.0 Å². The summed E-state index contributed by atoms with van der Waals surface area (Å²) in [4.78, 5) is 27.8. The van der Waals surface area contributed by atoms with E-state index in [1.807, 2.05) is 18.2 Å². The number of carbonyl (C=O) groups is 1. The van der Waals surface area contributed by atoms with Gasteiger partial charge in [-0.1, -0.05) is 6.07 Å². The first-order valence-electron chi connectivity index (χ1n) is 6.86. The Labute approximate surface area is 130 Å². The third-order valence-corrected chi connectivity index (χ3v) is 3.34. The minimum Gasteiger partial charge on any atom is -0.343 e. The van der Waals surface area contributed by atoms with Crippen molar-refractivity contribution in [2.24, 2.45) is 0 Å².